The number of carbonyl (C=O) groups is 4. The lowest BCUT2D eigenvalue weighted by Gasteiger charge is -2.16. The molecule has 4 rings (SSSR count). The van der Waals surface area contributed by atoms with E-state index in [1.807, 2.05) is 12.2 Å². The highest BCUT2D eigenvalue weighted by Crippen LogP contribution is 2.52. The van der Waals surface area contributed by atoms with Crippen LogP contribution < -0.4 is 5.32 Å². The van der Waals surface area contributed by atoms with Crippen LogP contribution in [0.3, 0.4) is 0 Å². The van der Waals surface area contributed by atoms with Crippen LogP contribution in [0, 0.1) is 33.8 Å². The molecule has 0 aromatic heterocycles. The SMILES string of the molecule is O=C(COC(=O)CN1C(=O)[C@@H]2[C@H](C1=O)[C@H]1C=C[C@H]2C1)Nc1cc([N+](=O)[O-])ccc1Cl. The summed E-state index contributed by atoms with van der Waals surface area (Å²) in [6, 6.07) is 3.51. The van der Waals surface area contributed by atoms with Crippen molar-refractivity contribution in [2.75, 3.05) is 18.5 Å². The number of likely N-dealkylation sites (tertiary alicyclic amines) is 1. The van der Waals surface area contributed by atoms with Gasteiger partial charge in [0.15, 0.2) is 6.61 Å². The van der Waals surface area contributed by atoms with Gasteiger partial charge in [-0.2, -0.15) is 0 Å². The number of nitro groups is 1. The molecule has 2 aliphatic carbocycles. The number of anilines is 1. The standard InChI is InChI=1S/C19H16ClN3O7/c20-12-4-3-11(23(28)29)6-13(12)21-14(24)8-30-15(25)7-22-18(26)16-9-1-2-10(5-9)17(16)19(22)27/h1-4,6,9-10,16-17H,5,7-8H2,(H,21,24)/t9-,10-,16-,17+/m0/s1. The number of fused-ring (bicyclic) bond motifs is 5. The van der Waals surface area contributed by atoms with E-state index in [1.54, 1.807) is 0 Å². The third-order valence-electron chi connectivity index (χ3n) is 5.65. The molecule has 1 saturated carbocycles. The average Bonchev–Trinajstić information content (AvgIpc) is 3.38. The first-order chi connectivity index (χ1) is 14.3. The fourth-order valence-electron chi connectivity index (χ4n) is 4.35. The maximum absolute atomic E-state index is 12.5. The van der Waals surface area contributed by atoms with Gasteiger partial charge in [0.05, 0.1) is 27.5 Å². The Balaban J connectivity index is 1.31. The molecule has 0 spiro atoms. The number of rotatable bonds is 6. The molecule has 10 nitrogen and oxygen atoms in total. The van der Waals surface area contributed by atoms with Gasteiger partial charge >= 0.3 is 5.97 Å². The van der Waals surface area contributed by atoms with E-state index in [-0.39, 0.29) is 40.0 Å². The minimum atomic E-state index is -0.905. The first-order valence-corrected chi connectivity index (χ1v) is 9.57. The van der Waals surface area contributed by atoms with Gasteiger partial charge in [0.2, 0.25) is 11.8 Å². The summed E-state index contributed by atoms with van der Waals surface area (Å²) in [7, 11) is 0. The molecule has 2 bridgehead atoms. The van der Waals surface area contributed by atoms with Crippen LogP contribution in [0.15, 0.2) is 30.4 Å². The van der Waals surface area contributed by atoms with Crippen molar-refractivity contribution < 1.29 is 28.8 Å². The Labute approximate surface area is 174 Å². The highest BCUT2D eigenvalue weighted by atomic mass is 35.5. The number of ether oxygens (including phenoxy) is 1. The van der Waals surface area contributed by atoms with Crippen molar-refractivity contribution in [2.45, 2.75) is 6.42 Å². The van der Waals surface area contributed by atoms with Gasteiger partial charge in [-0.25, -0.2) is 0 Å². The lowest BCUT2D eigenvalue weighted by atomic mass is 9.85. The largest absolute Gasteiger partial charge is 0.454 e. The van der Waals surface area contributed by atoms with E-state index < -0.39 is 41.8 Å². The molecule has 156 valence electrons. The Hall–Kier alpha value is -3.27. The van der Waals surface area contributed by atoms with Crippen LogP contribution in [0.25, 0.3) is 0 Å². The van der Waals surface area contributed by atoms with Gasteiger partial charge in [-0.15, -0.1) is 0 Å². The molecule has 3 amide bonds. The fraction of sp³-hybridized carbons (Fsp3) is 0.368. The number of carbonyl (C=O) groups excluding carboxylic acids is 4. The van der Waals surface area contributed by atoms with Crippen molar-refractivity contribution in [3.05, 3.63) is 45.5 Å². The molecule has 1 saturated heterocycles. The van der Waals surface area contributed by atoms with E-state index in [9.17, 15) is 29.3 Å². The number of nitrogens with zero attached hydrogens (tertiary/aromatic N) is 2. The van der Waals surface area contributed by atoms with Gasteiger partial charge in [-0.1, -0.05) is 23.8 Å². The molecular weight excluding hydrogens is 418 g/mol. The summed E-state index contributed by atoms with van der Waals surface area (Å²) in [6.45, 7) is -1.26. The van der Waals surface area contributed by atoms with E-state index in [1.165, 1.54) is 12.1 Å². The Morgan fingerprint density at radius 3 is 2.43 bits per heavy atom. The van der Waals surface area contributed by atoms with Gasteiger partial charge < -0.3 is 10.1 Å². The van der Waals surface area contributed by atoms with Crippen LogP contribution in [-0.2, 0) is 23.9 Å². The van der Waals surface area contributed by atoms with Crippen molar-refractivity contribution in [1.82, 2.24) is 4.90 Å². The summed E-state index contributed by atoms with van der Waals surface area (Å²) in [5.41, 5.74) is -0.278. The minimum absolute atomic E-state index is 0.00684. The van der Waals surface area contributed by atoms with Crippen LogP contribution >= 0.6 is 11.6 Å². The monoisotopic (exact) mass is 433 g/mol. The molecule has 1 heterocycles. The van der Waals surface area contributed by atoms with Crippen LogP contribution in [0.1, 0.15) is 6.42 Å². The van der Waals surface area contributed by atoms with E-state index in [0.717, 1.165) is 17.4 Å². The van der Waals surface area contributed by atoms with Crippen molar-refractivity contribution in [1.29, 1.82) is 0 Å². The number of esters is 1. The number of allylic oxidation sites excluding steroid dienone is 2. The van der Waals surface area contributed by atoms with Crippen molar-refractivity contribution in [3.8, 4) is 0 Å². The first kappa shape index (κ1) is 20.0. The number of imide groups is 1. The van der Waals surface area contributed by atoms with E-state index in [0.29, 0.717) is 0 Å². The third-order valence-corrected chi connectivity index (χ3v) is 5.98. The van der Waals surface area contributed by atoms with Gasteiger partial charge in [-0.05, 0) is 24.3 Å². The van der Waals surface area contributed by atoms with Gasteiger partial charge in [0, 0.05) is 12.1 Å². The van der Waals surface area contributed by atoms with Gasteiger partial charge in [0.1, 0.15) is 6.54 Å². The number of non-ortho nitro benzene ring substituents is 1. The zero-order valence-corrected chi connectivity index (χ0v) is 16.2. The number of benzene rings is 1. The summed E-state index contributed by atoms with van der Waals surface area (Å²) in [4.78, 5) is 60.2. The van der Waals surface area contributed by atoms with Gasteiger partial charge in [-0.3, -0.25) is 34.2 Å². The number of hydrogen-bond donors (Lipinski definition) is 1. The van der Waals surface area contributed by atoms with E-state index >= 15 is 0 Å². The maximum atomic E-state index is 12.5. The minimum Gasteiger partial charge on any atom is -0.454 e. The number of halogens is 1. The second kappa shape index (κ2) is 7.52. The molecule has 30 heavy (non-hydrogen) atoms. The second-order valence-electron chi connectivity index (χ2n) is 7.39. The number of hydrogen-bond acceptors (Lipinski definition) is 7. The summed E-state index contributed by atoms with van der Waals surface area (Å²) in [5, 5.41) is 13.2. The normalized spacial score (nSPS) is 26.1. The Morgan fingerprint density at radius 1 is 1.20 bits per heavy atom. The molecule has 0 unspecified atom stereocenters. The topological polar surface area (TPSA) is 136 Å². The predicted molar refractivity (Wildman–Crippen MR) is 102 cm³/mol. The molecule has 11 heteroatoms. The Morgan fingerprint density at radius 2 is 1.83 bits per heavy atom. The first-order valence-electron chi connectivity index (χ1n) is 9.19. The molecule has 4 atom stereocenters. The van der Waals surface area contributed by atoms with E-state index in [4.69, 9.17) is 16.3 Å². The highest BCUT2D eigenvalue weighted by Gasteiger charge is 2.59. The zero-order valence-electron chi connectivity index (χ0n) is 15.4. The lowest BCUT2D eigenvalue weighted by Crippen LogP contribution is -2.38. The van der Waals surface area contributed by atoms with Crippen LogP contribution in [0.2, 0.25) is 5.02 Å². The lowest BCUT2D eigenvalue weighted by molar-refractivity contribution is -0.384. The van der Waals surface area contributed by atoms with Crippen molar-refractivity contribution in [3.63, 3.8) is 0 Å². The molecule has 0 radical (unpaired) electrons. The Kier molecular flexibility index (Phi) is 5.02. The van der Waals surface area contributed by atoms with Gasteiger partial charge in [0.25, 0.3) is 11.6 Å². The van der Waals surface area contributed by atoms with Crippen LogP contribution in [0.4, 0.5) is 11.4 Å². The average molecular weight is 434 g/mol. The van der Waals surface area contributed by atoms with E-state index in [2.05, 4.69) is 5.32 Å². The maximum Gasteiger partial charge on any atom is 0.326 e. The molecule has 1 N–H and O–H groups in total. The molecule has 1 aliphatic heterocycles. The molecule has 1 aromatic carbocycles. The van der Waals surface area contributed by atoms with Crippen LogP contribution in [0.5, 0.6) is 0 Å². The summed E-state index contributed by atoms with van der Waals surface area (Å²) in [6.07, 6.45) is 4.68. The summed E-state index contributed by atoms with van der Waals surface area (Å²) in [5.74, 6) is -3.22. The quantitative estimate of drug-likeness (QED) is 0.236. The molecular formula is C19H16ClN3O7. The molecule has 3 aliphatic rings. The fourth-order valence-corrected chi connectivity index (χ4v) is 4.51. The summed E-state index contributed by atoms with van der Waals surface area (Å²) < 4.78 is 4.85. The Bertz CT molecular complexity index is 978. The number of amides is 3. The smallest absolute Gasteiger partial charge is 0.326 e. The van der Waals surface area contributed by atoms with Crippen LogP contribution in [-0.4, -0.2) is 46.7 Å². The van der Waals surface area contributed by atoms with Crippen molar-refractivity contribution in [2.24, 2.45) is 23.7 Å². The molecule has 2 fully saturated rings. The van der Waals surface area contributed by atoms with Crippen molar-refractivity contribution >= 4 is 46.7 Å². The third kappa shape index (κ3) is 3.43. The zero-order chi connectivity index (χ0) is 21.6. The summed E-state index contributed by atoms with van der Waals surface area (Å²) >= 11 is 5.90. The number of nitrogens with one attached hydrogen (secondary N) is 1. The number of nitro benzene ring substituents is 1. The molecule has 1 aromatic rings. The highest BCUT2D eigenvalue weighted by molar-refractivity contribution is 6.33. The second-order valence-corrected chi connectivity index (χ2v) is 7.80. The predicted octanol–water partition coefficient (Wildman–Crippen LogP) is 1.54.